The lowest BCUT2D eigenvalue weighted by molar-refractivity contribution is 0.654. The number of pyridine rings is 1. The first-order valence-corrected chi connectivity index (χ1v) is 16.3. The van der Waals surface area contributed by atoms with Crippen molar-refractivity contribution in [1.29, 1.82) is 0 Å². The number of para-hydroxylation sites is 1. The molecule has 0 amide bonds. The Kier molecular flexibility index (Phi) is 6.11. The molecule has 0 saturated carbocycles. The molecule has 0 radical (unpaired) electrons. The number of furan rings is 1. The molecule has 0 aliphatic carbocycles. The quantitative estimate of drug-likeness (QED) is 0.194. The van der Waals surface area contributed by atoms with Gasteiger partial charge < -0.3 is 4.42 Å². The van der Waals surface area contributed by atoms with Gasteiger partial charge in [0.2, 0.25) is 5.71 Å². The van der Waals surface area contributed by atoms with Gasteiger partial charge >= 0.3 is 0 Å². The van der Waals surface area contributed by atoms with E-state index in [9.17, 15) is 0 Å². The maximum absolute atomic E-state index is 6.09. The van der Waals surface area contributed by atoms with E-state index in [-0.39, 0.29) is 0 Å². The third kappa shape index (κ3) is 4.63. The van der Waals surface area contributed by atoms with Crippen LogP contribution in [-0.2, 0) is 0 Å². The fourth-order valence-electron chi connectivity index (χ4n) is 6.94. The molecule has 0 unspecified atom stereocenters. The lowest BCUT2D eigenvalue weighted by atomic mass is 9.96. The molecule has 3 heterocycles. The molecule has 10 rings (SSSR count). The third-order valence-corrected chi connectivity index (χ3v) is 9.36. The van der Waals surface area contributed by atoms with Crippen molar-refractivity contribution < 1.29 is 4.42 Å². The molecule has 0 atom stereocenters. The van der Waals surface area contributed by atoms with Gasteiger partial charge in [-0.15, -0.1) is 0 Å². The number of rotatable bonds is 4. The molecule has 0 aliphatic heterocycles. The summed E-state index contributed by atoms with van der Waals surface area (Å²) in [4.78, 5) is 19.8. The molecule has 0 N–H and O–H groups in total. The van der Waals surface area contributed by atoms with E-state index >= 15 is 0 Å². The van der Waals surface area contributed by atoms with Crippen LogP contribution >= 0.6 is 0 Å². The second kappa shape index (κ2) is 10.9. The van der Waals surface area contributed by atoms with Gasteiger partial charge in [-0.05, 0) is 73.8 Å². The smallest absolute Gasteiger partial charge is 0.227 e. The highest BCUT2D eigenvalue weighted by atomic mass is 16.3. The van der Waals surface area contributed by atoms with Crippen molar-refractivity contribution in [2.75, 3.05) is 0 Å². The monoisotopic (exact) mass is 626 g/mol. The molecule has 3 aromatic heterocycles. The Balaban J connectivity index is 1.16. The number of hydrogen-bond donors (Lipinski definition) is 0. The van der Waals surface area contributed by atoms with Crippen LogP contribution in [0.2, 0.25) is 0 Å². The van der Waals surface area contributed by atoms with Crippen LogP contribution in [0.5, 0.6) is 0 Å². The Morgan fingerprint density at radius 2 is 0.980 bits per heavy atom. The summed E-state index contributed by atoms with van der Waals surface area (Å²) in [6.07, 6.45) is 1.81. The standard InChI is InChI=1S/C44H26N4O/c1-3-10-29-24-33(18-16-27(29)8-1)41-46-42(34-19-17-28-9-2-4-11-30(28)25-34)48-43(47-41)37-14-7-12-31-26-32(20-21-35(31)37)36-22-23-45-44-40(36)38-13-5-6-15-39(38)49-44/h1-26H. The van der Waals surface area contributed by atoms with Crippen LogP contribution in [-0.4, -0.2) is 19.9 Å². The van der Waals surface area contributed by atoms with Gasteiger partial charge in [0.05, 0.1) is 5.39 Å². The molecule has 5 nitrogen and oxygen atoms in total. The van der Waals surface area contributed by atoms with Gasteiger partial charge in [-0.1, -0.05) is 121 Å². The number of fused-ring (bicyclic) bond motifs is 6. The minimum absolute atomic E-state index is 0.631. The molecule has 10 aromatic rings. The summed E-state index contributed by atoms with van der Waals surface area (Å²) < 4.78 is 6.09. The molecule has 0 bridgehead atoms. The van der Waals surface area contributed by atoms with Gasteiger partial charge in [-0.2, -0.15) is 0 Å². The van der Waals surface area contributed by atoms with Gasteiger partial charge in [-0.3, -0.25) is 0 Å². The number of benzene rings is 7. The first kappa shape index (κ1) is 27.4. The van der Waals surface area contributed by atoms with Gasteiger partial charge in [0.15, 0.2) is 17.5 Å². The summed E-state index contributed by atoms with van der Waals surface area (Å²) in [5.41, 5.74) is 6.48. The zero-order valence-corrected chi connectivity index (χ0v) is 26.2. The maximum Gasteiger partial charge on any atom is 0.227 e. The topological polar surface area (TPSA) is 64.7 Å². The number of aromatic nitrogens is 4. The molecule has 7 aromatic carbocycles. The zero-order valence-electron chi connectivity index (χ0n) is 26.2. The van der Waals surface area contributed by atoms with Crippen LogP contribution in [0.3, 0.4) is 0 Å². The van der Waals surface area contributed by atoms with E-state index in [1.807, 2.05) is 24.4 Å². The van der Waals surface area contributed by atoms with Crippen molar-refractivity contribution in [3.63, 3.8) is 0 Å². The molecular formula is C44H26N4O. The van der Waals surface area contributed by atoms with Gasteiger partial charge in [-0.25, -0.2) is 19.9 Å². The fraction of sp³-hybridized carbons (Fsp3) is 0. The first-order valence-electron chi connectivity index (χ1n) is 16.3. The second-order valence-electron chi connectivity index (χ2n) is 12.3. The van der Waals surface area contributed by atoms with E-state index in [4.69, 9.17) is 19.4 Å². The highest BCUT2D eigenvalue weighted by molar-refractivity contribution is 6.12. The summed E-state index contributed by atoms with van der Waals surface area (Å²) in [5.74, 6) is 1.91. The Bertz CT molecular complexity index is 2810. The van der Waals surface area contributed by atoms with E-state index in [0.29, 0.717) is 23.2 Å². The maximum atomic E-state index is 6.09. The predicted molar refractivity (Wildman–Crippen MR) is 199 cm³/mol. The molecule has 0 spiro atoms. The zero-order chi connectivity index (χ0) is 32.3. The van der Waals surface area contributed by atoms with Crippen LogP contribution in [0.4, 0.5) is 0 Å². The minimum Gasteiger partial charge on any atom is -0.438 e. The van der Waals surface area contributed by atoms with E-state index in [2.05, 4.69) is 138 Å². The fourth-order valence-corrected chi connectivity index (χ4v) is 6.94. The number of nitrogens with zero attached hydrogens (tertiary/aromatic N) is 4. The molecule has 0 fully saturated rings. The van der Waals surface area contributed by atoms with Crippen LogP contribution in [0.1, 0.15) is 0 Å². The summed E-state index contributed by atoms with van der Waals surface area (Å²) >= 11 is 0. The highest BCUT2D eigenvalue weighted by Crippen LogP contribution is 2.38. The summed E-state index contributed by atoms with van der Waals surface area (Å²) in [6.45, 7) is 0. The SMILES string of the molecule is c1ccc2cc(-c3nc(-c4ccc5ccccc5c4)nc(-c4cccc5cc(-c6ccnc7oc8ccccc8c67)ccc45)n3)ccc2c1. The second-order valence-corrected chi connectivity index (χ2v) is 12.3. The summed E-state index contributed by atoms with van der Waals surface area (Å²) in [7, 11) is 0. The average Bonchev–Trinajstić information content (AvgIpc) is 3.56. The lowest BCUT2D eigenvalue weighted by Crippen LogP contribution is -2.00. The summed E-state index contributed by atoms with van der Waals surface area (Å²) in [6, 6.07) is 52.5. The van der Waals surface area contributed by atoms with Crippen molar-refractivity contribution >= 4 is 54.4 Å². The van der Waals surface area contributed by atoms with Crippen LogP contribution in [0.15, 0.2) is 162 Å². The van der Waals surface area contributed by atoms with Gasteiger partial charge in [0.25, 0.3) is 0 Å². The van der Waals surface area contributed by atoms with Gasteiger partial charge in [0.1, 0.15) is 5.58 Å². The third-order valence-electron chi connectivity index (χ3n) is 9.36. The van der Waals surface area contributed by atoms with Crippen LogP contribution in [0, 0.1) is 0 Å². The van der Waals surface area contributed by atoms with E-state index in [0.717, 1.165) is 65.7 Å². The Morgan fingerprint density at radius 1 is 0.388 bits per heavy atom. The van der Waals surface area contributed by atoms with E-state index in [1.54, 1.807) is 0 Å². The van der Waals surface area contributed by atoms with E-state index in [1.165, 1.54) is 10.8 Å². The normalized spacial score (nSPS) is 11.7. The Labute approximate surface area is 281 Å². The molecular weight excluding hydrogens is 601 g/mol. The predicted octanol–water partition coefficient (Wildman–Crippen LogP) is 11.3. The van der Waals surface area contributed by atoms with Crippen molar-refractivity contribution in [3.8, 4) is 45.3 Å². The number of hydrogen-bond acceptors (Lipinski definition) is 5. The first-order chi connectivity index (χ1) is 24.2. The minimum atomic E-state index is 0.631. The van der Waals surface area contributed by atoms with Crippen LogP contribution in [0.25, 0.3) is 99.7 Å². The summed E-state index contributed by atoms with van der Waals surface area (Å²) in [5, 5.41) is 8.87. The Morgan fingerprint density at radius 3 is 1.71 bits per heavy atom. The Hall–Kier alpha value is -6.72. The van der Waals surface area contributed by atoms with Crippen molar-refractivity contribution in [2.24, 2.45) is 0 Å². The average molecular weight is 627 g/mol. The van der Waals surface area contributed by atoms with Gasteiger partial charge in [0, 0.05) is 28.3 Å². The molecule has 0 aliphatic rings. The van der Waals surface area contributed by atoms with Crippen LogP contribution < -0.4 is 0 Å². The highest BCUT2D eigenvalue weighted by Gasteiger charge is 2.17. The van der Waals surface area contributed by atoms with Crippen molar-refractivity contribution in [2.45, 2.75) is 0 Å². The molecule has 0 saturated heterocycles. The lowest BCUT2D eigenvalue weighted by Gasteiger charge is -2.12. The largest absolute Gasteiger partial charge is 0.438 e. The molecule has 228 valence electrons. The molecule has 49 heavy (non-hydrogen) atoms. The van der Waals surface area contributed by atoms with E-state index < -0.39 is 0 Å². The van der Waals surface area contributed by atoms with Crippen molar-refractivity contribution in [1.82, 2.24) is 19.9 Å². The van der Waals surface area contributed by atoms with Crippen molar-refractivity contribution in [3.05, 3.63) is 158 Å². The molecule has 5 heteroatoms.